The molecule has 26 heavy (non-hydrogen) atoms. The van der Waals surface area contributed by atoms with Gasteiger partial charge < -0.3 is 15.0 Å². The summed E-state index contributed by atoms with van der Waals surface area (Å²) >= 11 is 0. The van der Waals surface area contributed by atoms with E-state index >= 15 is 0 Å². The fourth-order valence-corrected chi connectivity index (χ4v) is 5.08. The molecule has 7 heteroatoms. The Hall–Kier alpha value is -0.830. The Morgan fingerprint density at radius 2 is 2.27 bits per heavy atom. The molecule has 1 aromatic rings. The van der Waals surface area contributed by atoms with Crippen LogP contribution in [0.15, 0.2) is 17.4 Å². The summed E-state index contributed by atoms with van der Waals surface area (Å²) in [5.41, 5.74) is 1.14. The summed E-state index contributed by atoms with van der Waals surface area (Å²) in [6.45, 7) is 3.49. The number of nitrogens with zero attached hydrogens (tertiary/aromatic N) is 4. The highest BCUT2D eigenvalue weighted by Gasteiger charge is 2.38. The van der Waals surface area contributed by atoms with Gasteiger partial charge in [-0.3, -0.25) is 9.67 Å². The maximum Gasteiger partial charge on any atom is 0.193 e. The average Bonchev–Trinajstić information content (AvgIpc) is 3.36. The molecule has 6 nitrogen and oxygen atoms in total. The second-order valence-corrected chi connectivity index (χ2v) is 7.95. The molecule has 2 heterocycles. The highest BCUT2D eigenvalue weighted by Crippen LogP contribution is 2.49. The van der Waals surface area contributed by atoms with Crippen LogP contribution in [-0.4, -0.2) is 53.9 Å². The SMILES string of the molecule is CN=C(NCCC1CC2CCC1C2)N1CCOC(c2cnn(C)c2)C1.I. The number of hydrogen-bond donors (Lipinski definition) is 1. The number of fused-ring (bicyclic) bond motifs is 2. The lowest BCUT2D eigenvalue weighted by Crippen LogP contribution is -2.48. The van der Waals surface area contributed by atoms with Crippen molar-refractivity contribution in [1.82, 2.24) is 20.0 Å². The zero-order valence-corrected chi connectivity index (χ0v) is 18.3. The number of aliphatic imine (C=N–C) groups is 1. The van der Waals surface area contributed by atoms with Crippen LogP contribution < -0.4 is 5.32 Å². The zero-order chi connectivity index (χ0) is 17.2. The van der Waals surface area contributed by atoms with Gasteiger partial charge in [0.2, 0.25) is 0 Å². The van der Waals surface area contributed by atoms with Gasteiger partial charge in [-0.15, -0.1) is 24.0 Å². The monoisotopic (exact) mass is 473 g/mol. The van der Waals surface area contributed by atoms with Gasteiger partial charge in [0, 0.05) is 38.9 Å². The summed E-state index contributed by atoms with van der Waals surface area (Å²) in [5, 5.41) is 7.87. The molecule has 1 N–H and O–H groups in total. The predicted octanol–water partition coefficient (Wildman–Crippen LogP) is 2.81. The molecule has 0 radical (unpaired) electrons. The number of rotatable bonds is 4. The van der Waals surface area contributed by atoms with Crippen molar-refractivity contribution in [3.8, 4) is 0 Å². The van der Waals surface area contributed by atoms with E-state index in [-0.39, 0.29) is 30.1 Å². The van der Waals surface area contributed by atoms with E-state index in [1.54, 1.807) is 0 Å². The Labute approximate surface area is 173 Å². The summed E-state index contributed by atoms with van der Waals surface area (Å²) in [4.78, 5) is 6.83. The first-order chi connectivity index (χ1) is 12.2. The molecular formula is C19H32IN5O. The minimum absolute atomic E-state index is 0. The number of hydrogen-bond acceptors (Lipinski definition) is 3. The number of ether oxygens (including phenoxy) is 1. The highest BCUT2D eigenvalue weighted by molar-refractivity contribution is 14.0. The van der Waals surface area contributed by atoms with Gasteiger partial charge in [-0.2, -0.15) is 5.10 Å². The van der Waals surface area contributed by atoms with E-state index in [1.165, 1.54) is 32.1 Å². The summed E-state index contributed by atoms with van der Waals surface area (Å²) in [6.07, 6.45) is 11.2. The van der Waals surface area contributed by atoms with Crippen molar-refractivity contribution in [2.75, 3.05) is 33.3 Å². The van der Waals surface area contributed by atoms with Crippen molar-refractivity contribution < 1.29 is 4.74 Å². The molecule has 0 spiro atoms. The third-order valence-electron chi connectivity index (χ3n) is 6.36. The number of guanidine groups is 1. The molecule has 4 rings (SSSR count). The van der Waals surface area contributed by atoms with Crippen LogP contribution in [0, 0.1) is 17.8 Å². The maximum absolute atomic E-state index is 5.94. The summed E-state index contributed by atoms with van der Waals surface area (Å²) in [6, 6.07) is 0. The van der Waals surface area contributed by atoms with Crippen molar-refractivity contribution in [3.63, 3.8) is 0 Å². The van der Waals surface area contributed by atoms with Crippen LogP contribution >= 0.6 is 24.0 Å². The topological polar surface area (TPSA) is 54.7 Å². The third kappa shape index (κ3) is 4.35. The molecule has 0 amide bonds. The smallest absolute Gasteiger partial charge is 0.193 e. The molecule has 0 aromatic carbocycles. The normalized spacial score (nSPS) is 31.2. The van der Waals surface area contributed by atoms with Gasteiger partial charge in [-0.05, 0) is 43.4 Å². The predicted molar refractivity (Wildman–Crippen MR) is 114 cm³/mol. The minimum atomic E-state index is 0. The Balaban J connectivity index is 0.00000196. The van der Waals surface area contributed by atoms with E-state index in [1.807, 2.05) is 31.2 Å². The Morgan fingerprint density at radius 1 is 1.38 bits per heavy atom. The van der Waals surface area contributed by atoms with Gasteiger partial charge in [0.1, 0.15) is 6.10 Å². The lowest BCUT2D eigenvalue weighted by atomic mass is 9.86. The molecule has 146 valence electrons. The zero-order valence-electron chi connectivity index (χ0n) is 15.9. The second-order valence-electron chi connectivity index (χ2n) is 7.95. The summed E-state index contributed by atoms with van der Waals surface area (Å²) in [7, 11) is 3.83. The van der Waals surface area contributed by atoms with Gasteiger partial charge in [0.05, 0.1) is 19.3 Å². The number of aryl methyl sites for hydroxylation is 1. The van der Waals surface area contributed by atoms with Crippen LogP contribution in [0.1, 0.15) is 43.8 Å². The quantitative estimate of drug-likeness (QED) is 0.415. The second kappa shape index (κ2) is 8.91. The maximum atomic E-state index is 5.94. The van der Waals surface area contributed by atoms with Gasteiger partial charge in [-0.25, -0.2) is 0 Å². The van der Waals surface area contributed by atoms with Crippen molar-refractivity contribution >= 4 is 29.9 Å². The van der Waals surface area contributed by atoms with Crippen molar-refractivity contribution in [1.29, 1.82) is 0 Å². The van der Waals surface area contributed by atoms with Crippen LogP contribution in [0.3, 0.4) is 0 Å². The fraction of sp³-hybridized carbons (Fsp3) is 0.789. The van der Waals surface area contributed by atoms with Crippen molar-refractivity contribution in [3.05, 3.63) is 18.0 Å². The number of aromatic nitrogens is 2. The Bertz CT molecular complexity index is 619. The number of halogens is 1. The van der Waals surface area contributed by atoms with E-state index in [0.29, 0.717) is 0 Å². The van der Waals surface area contributed by atoms with Crippen molar-refractivity contribution in [2.24, 2.45) is 29.8 Å². The average molecular weight is 473 g/mol. The van der Waals surface area contributed by atoms with E-state index in [2.05, 4.69) is 20.3 Å². The highest BCUT2D eigenvalue weighted by atomic mass is 127. The van der Waals surface area contributed by atoms with E-state index in [4.69, 9.17) is 4.74 Å². The molecule has 1 saturated heterocycles. The number of morpholine rings is 1. The molecular weight excluding hydrogens is 441 g/mol. The molecule has 3 fully saturated rings. The van der Waals surface area contributed by atoms with E-state index < -0.39 is 0 Å². The van der Waals surface area contributed by atoms with Gasteiger partial charge in [0.15, 0.2) is 5.96 Å². The van der Waals surface area contributed by atoms with Crippen LogP contribution in [0.4, 0.5) is 0 Å². The van der Waals surface area contributed by atoms with Crippen molar-refractivity contribution in [2.45, 2.75) is 38.2 Å². The lowest BCUT2D eigenvalue weighted by Gasteiger charge is -2.35. The first-order valence-corrected chi connectivity index (χ1v) is 9.78. The third-order valence-corrected chi connectivity index (χ3v) is 6.36. The van der Waals surface area contributed by atoms with Crippen LogP contribution in [-0.2, 0) is 11.8 Å². The molecule has 1 aliphatic heterocycles. The summed E-state index contributed by atoms with van der Waals surface area (Å²) < 4.78 is 7.78. The first kappa shape index (κ1) is 19.9. The van der Waals surface area contributed by atoms with Crippen LogP contribution in [0.25, 0.3) is 0 Å². The van der Waals surface area contributed by atoms with E-state index in [0.717, 1.165) is 55.5 Å². The standard InChI is InChI=1S/C19H31N5O.HI/c1-20-19(21-6-5-16-10-14-3-4-15(16)9-14)24-7-8-25-18(13-24)17-11-22-23(2)12-17;/h11-12,14-16,18H,3-10,13H2,1-2H3,(H,20,21);1H. The summed E-state index contributed by atoms with van der Waals surface area (Å²) in [5.74, 6) is 4.00. The van der Waals surface area contributed by atoms with E-state index in [9.17, 15) is 0 Å². The van der Waals surface area contributed by atoms with Gasteiger partial charge in [0.25, 0.3) is 0 Å². The Kier molecular flexibility index (Phi) is 6.82. The van der Waals surface area contributed by atoms with Gasteiger partial charge >= 0.3 is 0 Å². The van der Waals surface area contributed by atoms with Crippen LogP contribution in [0.2, 0.25) is 0 Å². The van der Waals surface area contributed by atoms with Crippen LogP contribution in [0.5, 0.6) is 0 Å². The molecule has 4 atom stereocenters. The molecule has 4 unspecified atom stereocenters. The largest absolute Gasteiger partial charge is 0.370 e. The first-order valence-electron chi connectivity index (χ1n) is 9.78. The molecule has 2 bridgehead atoms. The minimum Gasteiger partial charge on any atom is -0.370 e. The number of nitrogens with one attached hydrogen (secondary N) is 1. The molecule has 2 aliphatic carbocycles. The van der Waals surface area contributed by atoms with Gasteiger partial charge in [-0.1, -0.05) is 6.42 Å². The molecule has 3 aliphatic rings. The Morgan fingerprint density at radius 3 is 2.92 bits per heavy atom. The molecule has 1 aromatic heterocycles. The molecule has 2 saturated carbocycles. The lowest BCUT2D eigenvalue weighted by molar-refractivity contribution is -0.00804. The fourth-order valence-electron chi connectivity index (χ4n) is 5.08.